The zero-order valence-corrected chi connectivity index (χ0v) is 7.39. The minimum atomic E-state index is -1.57. The fourth-order valence-corrected chi connectivity index (χ4v) is 1.28. The molecule has 2 aromatic rings. The molecule has 0 spiro atoms. The summed E-state index contributed by atoms with van der Waals surface area (Å²) in [4.78, 5) is 3.56. The first kappa shape index (κ1) is 9.57. The Morgan fingerprint density at radius 2 is 1.73 bits per heavy atom. The molecule has 1 aromatic carbocycles. The molecule has 0 aliphatic heterocycles. The van der Waals surface area contributed by atoms with E-state index in [0.29, 0.717) is 0 Å². The third-order valence-corrected chi connectivity index (χ3v) is 2.07. The van der Waals surface area contributed by atoms with Gasteiger partial charge in [-0.1, -0.05) is 0 Å². The Hall–Kier alpha value is -1.98. The van der Waals surface area contributed by atoms with Gasteiger partial charge in [0.25, 0.3) is 0 Å². The predicted octanol–water partition coefficient (Wildman–Crippen LogP) is 1.82. The van der Waals surface area contributed by atoms with Crippen molar-refractivity contribution in [2.45, 2.75) is 0 Å². The Labute approximate surface area is 82.5 Å². The van der Waals surface area contributed by atoms with Gasteiger partial charge >= 0.3 is 0 Å². The number of aromatic nitrogens is 1. The molecular formula is C9H6F3N3. The van der Waals surface area contributed by atoms with Crippen LogP contribution in [0.1, 0.15) is 0 Å². The fraction of sp³-hybridized carbons (Fsp3) is 0. The zero-order valence-electron chi connectivity index (χ0n) is 7.39. The van der Waals surface area contributed by atoms with E-state index in [4.69, 9.17) is 11.5 Å². The van der Waals surface area contributed by atoms with Crippen LogP contribution in [-0.2, 0) is 0 Å². The molecule has 0 unspecified atom stereocenters. The summed E-state index contributed by atoms with van der Waals surface area (Å²) in [6, 6.07) is 0.770. The zero-order chi connectivity index (χ0) is 11.2. The summed E-state index contributed by atoms with van der Waals surface area (Å²) in [5.74, 6) is -4.25. The highest BCUT2D eigenvalue weighted by Crippen LogP contribution is 2.28. The predicted molar refractivity (Wildman–Crippen MR) is 50.4 cm³/mol. The average Bonchev–Trinajstić information content (AvgIpc) is 2.21. The van der Waals surface area contributed by atoms with E-state index >= 15 is 0 Å². The standard InChI is InChI=1S/C9H6F3N3/c10-4-1-3-8(14)5(13)2-15-9(3)7(12)6(4)11/h1-2H,13H2,(H2,14,15). The highest BCUT2D eigenvalue weighted by Gasteiger charge is 2.16. The normalized spacial score (nSPS) is 10.9. The maximum Gasteiger partial charge on any atom is 0.196 e. The van der Waals surface area contributed by atoms with Gasteiger partial charge in [-0.25, -0.2) is 13.2 Å². The van der Waals surface area contributed by atoms with Crippen molar-refractivity contribution in [1.29, 1.82) is 0 Å². The summed E-state index contributed by atoms with van der Waals surface area (Å²) in [7, 11) is 0. The molecule has 78 valence electrons. The van der Waals surface area contributed by atoms with Gasteiger partial charge in [-0.15, -0.1) is 0 Å². The second-order valence-corrected chi connectivity index (χ2v) is 3.01. The van der Waals surface area contributed by atoms with Crippen LogP contribution in [0.25, 0.3) is 10.9 Å². The van der Waals surface area contributed by atoms with Gasteiger partial charge in [0, 0.05) is 5.39 Å². The van der Waals surface area contributed by atoms with Crippen LogP contribution >= 0.6 is 0 Å². The SMILES string of the molecule is Nc1cnc2c(F)c(F)c(F)cc2c1N. The lowest BCUT2D eigenvalue weighted by molar-refractivity contribution is 0.452. The molecule has 0 bridgehead atoms. The van der Waals surface area contributed by atoms with Gasteiger partial charge in [-0.05, 0) is 6.07 Å². The molecule has 0 saturated heterocycles. The minimum Gasteiger partial charge on any atom is -0.396 e. The van der Waals surface area contributed by atoms with Crippen molar-refractivity contribution in [1.82, 2.24) is 4.98 Å². The maximum absolute atomic E-state index is 13.2. The van der Waals surface area contributed by atoms with Gasteiger partial charge < -0.3 is 11.5 Å². The van der Waals surface area contributed by atoms with Gasteiger partial charge in [0.1, 0.15) is 5.52 Å². The minimum absolute atomic E-state index is 0.0159. The van der Waals surface area contributed by atoms with E-state index in [9.17, 15) is 13.2 Å². The third kappa shape index (κ3) is 1.25. The number of fused-ring (bicyclic) bond motifs is 1. The van der Waals surface area contributed by atoms with Crippen molar-refractivity contribution in [3.8, 4) is 0 Å². The Kier molecular flexibility index (Phi) is 1.92. The number of pyridine rings is 1. The smallest absolute Gasteiger partial charge is 0.196 e. The topological polar surface area (TPSA) is 64.9 Å². The number of hydrogen-bond donors (Lipinski definition) is 2. The summed E-state index contributed by atoms with van der Waals surface area (Å²) in [5, 5.41) is -0.0357. The van der Waals surface area contributed by atoms with Crippen LogP contribution in [0.5, 0.6) is 0 Å². The molecule has 0 aliphatic rings. The van der Waals surface area contributed by atoms with Gasteiger partial charge in [0.15, 0.2) is 17.5 Å². The lowest BCUT2D eigenvalue weighted by Crippen LogP contribution is -2.01. The maximum atomic E-state index is 13.2. The quantitative estimate of drug-likeness (QED) is 0.656. The first-order chi connectivity index (χ1) is 7.02. The lowest BCUT2D eigenvalue weighted by atomic mass is 10.1. The Bertz CT molecular complexity index is 554. The number of anilines is 2. The monoisotopic (exact) mass is 213 g/mol. The summed E-state index contributed by atoms with van der Waals surface area (Å²) < 4.78 is 38.9. The van der Waals surface area contributed by atoms with Gasteiger partial charge in [-0.2, -0.15) is 0 Å². The van der Waals surface area contributed by atoms with Crippen LogP contribution in [0.15, 0.2) is 12.3 Å². The number of benzene rings is 1. The van der Waals surface area contributed by atoms with Crippen molar-refractivity contribution >= 4 is 22.3 Å². The van der Waals surface area contributed by atoms with Crippen molar-refractivity contribution in [2.75, 3.05) is 11.5 Å². The van der Waals surface area contributed by atoms with E-state index in [2.05, 4.69) is 4.98 Å². The van der Waals surface area contributed by atoms with Crippen LogP contribution < -0.4 is 11.5 Å². The molecule has 0 amide bonds. The Morgan fingerprint density at radius 1 is 1.07 bits per heavy atom. The Balaban J connectivity index is 2.98. The number of rotatable bonds is 0. The molecule has 0 atom stereocenters. The molecule has 3 nitrogen and oxygen atoms in total. The summed E-state index contributed by atoms with van der Waals surface area (Å²) >= 11 is 0. The van der Waals surface area contributed by atoms with Crippen molar-refractivity contribution in [2.24, 2.45) is 0 Å². The van der Waals surface area contributed by atoms with Crippen LogP contribution in [-0.4, -0.2) is 4.98 Å². The second kappa shape index (κ2) is 3.01. The summed E-state index contributed by atoms with van der Waals surface area (Å²) in [6.07, 6.45) is 1.10. The van der Waals surface area contributed by atoms with E-state index in [0.717, 1.165) is 12.3 Å². The van der Waals surface area contributed by atoms with Gasteiger partial charge in [0.2, 0.25) is 0 Å². The Morgan fingerprint density at radius 3 is 2.40 bits per heavy atom. The first-order valence-corrected chi connectivity index (χ1v) is 3.99. The molecule has 0 aliphatic carbocycles. The van der Waals surface area contributed by atoms with E-state index in [1.807, 2.05) is 0 Å². The second-order valence-electron chi connectivity index (χ2n) is 3.01. The number of hydrogen-bond acceptors (Lipinski definition) is 3. The largest absolute Gasteiger partial charge is 0.396 e. The van der Waals surface area contributed by atoms with E-state index < -0.39 is 17.5 Å². The van der Waals surface area contributed by atoms with E-state index in [-0.39, 0.29) is 22.3 Å². The first-order valence-electron chi connectivity index (χ1n) is 3.99. The lowest BCUT2D eigenvalue weighted by Gasteiger charge is -2.06. The number of nitrogens with two attached hydrogens (primary N) is 2. The van der Waals surface area contributed by atoms with Gasteiger partial charge in [-0.3, -0.25) is 4.98 Å². The van der Waals surface area contributed by atoms with Gasteiger partial charge in [0.05, 0.1) is 17.6 Å². The summed E-state index contributed by atoms with van der Waals surface area (Å²) in [5.41, 5.74) is 10.6. The van der Waals surface area contributed by atoms with Crippen molar-refractivity contribution in [3.05, 3.63) is 29.7 Å². The van der Waals surface area contributed by atoms with E-state index in [1.165, 1.54) is 0 Å². The molecule has 0 fully saturated rings. The summed E-state index contributed by atoms with van der Waals surface area (Å²) in [6.45, 7) is 0. The number of halogens is 3. The van der Waals surface area contributed by atoms with Crippen molar-refractivity contribution in [3.63, 3.8) is 0 Å². The molecule has 0 saturated carbocycles. The number of nitrogens with zero attached hydrogens (tertiary/aromatic N) is 1. The van der Waals surface area contributed by atoms with Crippen LogP contribution in [0.2, 0.25) is 0 Å². The van der Waals surface area contributed by atoms with Crippen molar-refractivity contribution < 1.29 is 13.2 Å². The highest BCUT2D eigenvalue weighted by molar-refractivity contribution is 5.95. The van der Waals surface area contributed by atoms with Crippen LogP contribution in [0.4, 0.5) is 24.5 Å². The molecule has 4 N–H and O–H groups in total. The molecule has 1 heterocycles. The number of nitrogen functional groups attached to an aromatic ring is 2. The molecular weight excluding hydrogens is 207 g/mol. The van der Waals surface area contributed by atoms with Crippen LogP contribution in [0, 0.1) is 17.5 Å². The average molecular weight is 213 g/mol. The third-order valence-electron chi connectivity index (χ3n) is 2.07. The molecule has 6 heteroatoms. The van der Waals surface area contributed by atoms with E-state index in [1.54, 1.807) is 0 Å². The van der Waals surface area contributed by atoms with Crippen LogP contribution in [0.3, 0.4) is 0 Å². The molecule has 1 aromatic heterocycles. The highest BCUT2D eigenvalue weighted by atomic mass is 19.2. The molecule has 0 radical (unpaired) electrons. The molecule has 15 heavy (non-hydrogen) atoms. The molecule has 2 rings (SSSR count). The fourth-order valence-electron chi connectivity index (χ4n) is 1.28.